The summed E-state index contributed by atoms with van der Waals surface area (Å²) in [6.45, 7) is 16.0. The van der Waals surface area contributed by atoms with Crippen LogP contribution >= 0.6 is 0 Å². The van der Waals surface area contributed by atoms with Gasteiger partial charge in [0.25, 0.3) is 0 Å². The molecular formula is C18H37N3. The van der Waals surface area contributed by atoms with Crippen molar-refractivity contribution < 1.29 is 0 Å². The second kappa shape index (κ2) is 9.12. The molecule has 0 saturated carbocycles. The third kappa shape index (κ3) is 5.88. The van der Waals surface area contributed by atoms with Crippen LogP contribution in [0.1, 0.15) is 52.9 Å². The molecule has 0 aromatic rings. The van der Waals surface area contributed by atoms with Gasteiger partial charge in [0, 0.05) is 19.1 Å². The zero-order valence-electron chi connectivity index (χ0n) is 14.6. The SMILES string of the molecule is CCCN1CCC(C(C)NCCN2CCC(C)CC2)CC1. The number of nitrogens with one attached hydrogen (secondary N) is 1. The Labute approximate surface area is 132 Å². The molecule has 1 unspecified atom stereocenters. The first-order valence-corrected chi connectivity index (χ1v) is 9.37. The first kappa shape index (κ1) is 17.2. The lowest BCUT2D eigenvalue weighted by Gasteiger charge is -2.35. The van der Waals surface area contributed by atoms with E-state index in [4.69, 9.17) is 0 Å². The van der Waals surface area contributed by atoms with Gasteiger partial charge < -0.3 is 15.1 Å². The van der Waals surface area contributed by atoms with Gasteiger partial charge in [-0.1, -0.05) is 13.8 Å². The molecule has 0 aliphatic carbocycles. The molecule has 21 heavy (non-hydrogen) atoms. The van der Waals surface area contributed by atoms with E-state index in [1.54, 1.807) is 0 Å². The summed E-state index contributed by atoms with van der Waals surface area (Å²) in [5.74, 6) is 1.83. The van der Waals surface area contributed by atoms with Crippen LogP contribution in [0.2, 0.25) is 0 Å². The van der Waals surface area contributed by atoms with Crippen LogP contribution in [0, 0.1) is 11.8 Å². The van der Waals surface area contributed by atoms with E-state index >= 15 is 0 Å². The van der Waals surface area contributed by atoms with Crippen molar-refractivity contribution in [2.45, 2.75) is 58.9 Å². The molecule has 2 aliphatic heterocycles. The number of hydrogen-bond donors (Lipinski definition) is 1. The molecule has 0 aromatic carbocycles. The average Bonchev–Trinajstić information content (AvgIpc) is 2.50. The molecule has 0 spiro atoms. The Balaban J connectivity index is 1.56. The van der Waals surface area contributed by atoms with Crippen molar-refractivity contribution in [2.24, 2.45) is 11.8 Å². The average molecular weight is 296 g/mol. The minimum atomic E-state index is 0.692. The van der Waals surface area contributed by atoms with Crippen molar-refractivity contribution in [3.05, 3.63) is 0 Å². The highest BCUT2D eigenvalue weighted by Crippen LogP contribution is 2.20. The van der Waals surface area contributed by atoms with E-state index in [9.17, 15) is 0 Å². The Morgan fingerprint density at radius 2 is 1.52 bits per heavy atom. The van der Waals surface area contributed by atoms with Crippen LogP contribution in [0.5, 0.6) is 0 Å². The van der Waals surface area contributed by atoms with Crippen molar-refractivity contribution in [3.8, 4) is 0 Å². The van der Waals surface area contributed by atoms with Gasteiger partial charge in [0.2, 0.25) is 0 Å². The molecule has 124 valence electrons. The Morgan fingerprint density at radius 1 is 0.952 bits per heavy atom. The van der Waals surface area contributed by atoms with Crippen molar-refractivity contribution in [1.29, 1.82) is 0 Å². The van der Waals surface area contributed by atoms with Crippen LogP contribution in [0.3, 0.4) is 0 Å². The summed E-state index contributed by atoms with van der Waals surface area (Å²) >= 11 is 0. The van der Waals surface area contributed by atoms with Gasteiger partial charge in [-0.2, -0.15) is 0 Å². The van der Waals surface area contributed by atoms with E-state index in [1.165, 1.54) is 77.9 Å². The van der Waals surface area contributed by atoms with Crippen LogP contribution in [-0.4, -0.2) is 61.7 Å². The first-order valence-electron chi connectivity index (χ1n) is 9.37. The lowest BCUT2D eigenvalue weighted by Crippen LogP contribution is -2.45. The Bertz CT molecular complexity index is 266. The van der Waals surface area contributed by atoms with Gasteiger partial charge >= 0.3 is 0 Å². The maximum absolute atomic E-state index is 3.80. The summed E-state index contributed by atoms with van der Waals surface area (Å²) < 4.78 is 0. The van der Waals surface area contributed by atoms with E-state index in [-0.39, 0.29) is 0 Å². The molecule has 3 heteroatoms. The summed E-state index contributed by atoms with van der Waals surface area (Å²) in [5, 5.41) is 3.80. The minimum Gasteiger partial charge on any atom is -0.313 e. The van der Waals surface area contributed by atoms with Gasteiger partial charge in [-0.15, -0.1) is 0 Å². The number of likely N-dealkylation sites (tertiary alicyclic amines) is 2. The van der Waals surface area contributed by atoms with Crippen molar-refractivity contribution in [1.82, 2.24) is 15.1 Å². The maximum Gasteiger partial charge on any atom is 0.0107 e. The van der Waals surface area contributed by atoms with E-state index in [1.807, 2.05) is 0 Å². The van der Waals surface area contributed by atoms with Crippen molar-refractivity contribution in [2.75, 3.05) is 45.8 Å². The van der Waals surface area contributed by atoms with Crippen molar-refractivity contribution in [3.63, 3.8) is 0 Å². The van der Waals surface area contributed by atoms with E-state index in [0.717, 1.165) is 11.8 Å². The third-order valence-electron chi connectivity index (χ3n) is 5.65. The number of hydrogen-bond acceptors (Lipinski definition) is 3. The second-order valence-electron chi connectivity index (χ2n) is 7.45. The van der Waals surface area contributed by atoms with E-state index in [2.05, 4.69) is 35.9 Å². The molecule has 1 atom stereocenters. The lowest BCUT2D eigenvalue weighted by atomic mass is 9.90. The summed E-state index contributed by atoms with van der Waals surface area (Å²) in [7, 11) is 0. The monoisotopic (exact) mass is 295 g/mol. The topological polar surface area (TPSA) is 18.5 Å². The predicted molar refractivity (Wildman–Crippen MR) is 91.8 cm³/mol. The largest absolute Gasteiger partial charge is 0.313 e. The molecule has 2 rings (SSSR count). The third-order valence-corrected chi connectivity index (χ3v) is 5.65. The molecule has 0 aromatic heterocycles. The molecule has 0 bridgehead atoms. The van der Waals surface area contributed by atoms with Gasteiger partial charge in [-0.25, -0.2) is 0 Å². The molecule has 0 radical (unpaired) electrons. The molecule has 2 aliphatic rings. The normalized spacial score (nSPS) is 25.3. The van der Waals surface area contributed by atoms with E-state index in [0.29, 0.717) is 6.04 Å². The van der Waals surface area contributed by atoms with Gasteiger partial charge in [0.15, 0.2) is 0 Å². The lowest BCUT2D eigenvalue weighted by molar-refractivity contribution is 0.156. The maximum atomic E-state index is 3.80. The Kier molecular flexibility index (Phi) is 7.48. The highest BCUT2D eigenvalue weighted by atomic mass is 15.1. The van der Waals surface area contributed by atoms with Crippen LogP contribution in [0.25, 0.3) is 0 Å². The fourth-order valence-electron chi connectivity index (χ4n) is 3.90. The molecule has 0 amide bonds. The summed E-state index contributed by atoms with van der Waals surface area (Å²) in [4.78, 5) is 5.28. The molecule has 2 heterocycles. The zero-order chi connectivity index (χ0) is 15.1. The molecule has 2 saturated heterocycles. The number of nitrogens with zero attached hydrogens (tertiary/aromatic N) is 2. The molecule has 3 nitrogen and oxygen atoms in total. The standard InChI is InChI=1S/C18H37N3/c1-4-10-20-13-7-18(8-14-20)17(3)19-9-15-21-11-5-16(2)6-12-21/h16-19H,4-15H2,1-3H3. The quantitative estimate of drug-likeness (QED) is 0.779. The van der Waals surface area contributed by atoms with Gasteiger partial charge in [-0.3, -0.25) is 0 Å². The fraction of sp³-hybridized carbons (Fsp3) is 1.00. The van der Waals surface area contributed by atoms with Gasteiger partial charge in [-0.05, 0) is 83.6 Å². The summed E-state index contributed by atoms with van der Waals surface area (Å²) in [6.07, 6.45) is 6.86. The highest BCUT2D eigenvalue weighted by molar-refractivity contribution is 4.80. The van der Waals surface area contributed by atoms with Crippen LogP contribution in [0.15, 0.2) is 0 Å². The summed E-state index contributed by atoms with van der Waals surface area (Å²) in [6, 6.07) is 0.692. The molecule has 2 fully saturated rings. The number of rotatable bonds is 7. The second-order valence-corrected chi connectivity index (χ2v) is 7.45. The fourth-order valence-corrected chi connectivity index (χ4v) is 3.90. The van der Waals surface area contributed by atoms with Crippen molar-refractivity contribution >= 4 is 0 Å². The Morgan fingerprint density at radius 3 is 2.14 bits per heavy atom. The first-order chi connectivity index (χ1) is 10.2. The summed E-state index contributed by atoms with van der Waals surface area (Å²) in [5.41, 5.74) is 0. The number of piperidine rings is 2. The van der Waals surface area contributed by atoms with Crippen LogP contribution in [-0.2, 0) is 0 Å². The zero-order valence-corrected chi connectivity index (χ0v) is 14.6. The predicted octanol–water partition coefficient (Wildman–Crippen LogP) is 2.82. The smallest absolute Gasteiger partial charge is 0.0107 e. The van der Waals surface area contributed by atoms with Crippen LogP contribution < -0.4 is 5.32 Å². The minimum absolute atomic E-state index is 0.692. The van der Waals surface area contributed by atoms with Gasteiger partial charge in [0.1, 0.15) is 0 Å². The van der Waals surface area contributed by atoms with E-state index < -0.39 is 0 Å². The highest BCUT2D eigenvalue weighted by Gasteiger charge is 2.23. The molecule has 1 N–H and O–H groups in total. The Hall–Kier alpha value is -0.120. The van der Waals surface area contributed by atoms with Gasteiger partial charge in [0.05, 0.1) is 0 Å². The van der Waals surface area contributed by atoms with Crippen LogP contribution in [0.4, 0.5) is 0 Å². The molecular weight excluding hydrogens is 258 g/mol.